The van der Waals surface area contributed by atoms with E-state index in [0.29, 0.717) is 0 Å². The third kappa shape index (κ3) is 4.94. The lowest BCUT2D eigenvalue weighted by atomic mass is 10.0. The van der Waals surface area contributed by atoms with Gasteiger partial charge >= 0.3 is 0 Å². The summed E-state index contributed by atoms with van der Waals surface area (Å²) in [6, 6.07) is -0.324. The van der Waals surface area contributed by atoms with Crippen molar-refractivity contribution in [1.29, 1.82) is 0 Å². The van der Waals surface area contributed by atoms with E-state index in [-0.39, 0.29) is 18.1 Å². The Morgan fingerprint density at radius 1 is 1.44 bits per heavy atom. The molecule has 1 amide bonds. The van der Waals surface area contributed by atoms with E-state index in [1.807, 2.05) is 4.90 Å². The molecule has 4 heteroatoms. The van der Waals surface area contributed by atoms with Crippen molar-refractivity contribution in [3.63, 3.8) is 0 Å². The van der Waals surface area contributed by atoms with E-state index in [4.69, 9.17) is 10.5 Å². The van der Waals surface area contributed by atoms with Crippen molar-refractivity contribution in [1.82, 2.24) is 4.90 Å². The zero-order valence-electron chi connectivity index (χ0n) is 11.9. The largest absolute Gasteiger partial charge is 0.376 e. The molecule has 0 saturated carbocycles. The Hall–Kier alpha value is -0.610. The molecule has 0 aromatic carbocycles. The number of nitrogens with two attached hydrogens (primary N) is 1. The normalized spacial score (nSPS) is 21.9. The molecule has 1 saturated heterocycles. The Kier molecular flexibility index (Phi) is 7.28. The van der Waals surface area contributed by atoms with E-state index in [1.54, 1.807) is 0 Å². The van der Waals surface area contributed by atoms with Gasteiger partial charge in [-0.3, -0.25) is 4.79 Å². The number of piperidine rings is 1. The number of amides is 1. The van der Waals surface area contributed by atoms with Gasteiger partial charge in [0.15, 0.2) is 0 Å². The van der Waals surface area contributed by atoms with E-state index in [0.717, 1.165) is 58.2 Å². The molecule has 18 heavy (non-hydrogen) atoms. The number of ether oxygens (including phenoxy) is 1. The van der Waals surface area contributed by atoms with Gasteiger partial charge < -0.3 is 15.4 Å². The highest BCUT2D eigenvalue weighted by Crippen LogP contribution is 2.15. The average molecular weight is 256 g/mol. The van der Waals surface area contributed by atoms with Gasteiger partial charge in [0, 0.05) is 19.7 Å². The maximum Gasteiger partial charge on any atom is 0.239 e. The van der Waals surface area contributed by atoms with Crippen LogP contribution in [0, 0.1) is 0 Å². The van der Waals surface area contributed by atoms with Crippen LogP contribution < -0.4 is 5.73 Å². The number of likely N-dealkylation sites (tertiary alicyclic amines) is 1. The summed E-state index contributed by atoms with van der Waals surface area (Å²) < 4.78 is 5.74. The molecule has 106 valence electrons. The lowest BCUT2D eigenvalue weighted by molar-refractivity contribution is -0.136. The highest BCUT2D eigenvalue weighted by atomic mass is 16.5. The third-order valence-corrected chi connectivity index (χ3v) is 3.43. The molecule has 0 radical (unpaired) electrons. The Morgan fingerprint density at radius 2 is 2.22 bits per heavy atom. The molecule has 1 heterocycles. The van der Waals surface area contributed by atoms with E-state index < -0.39 is 0 Å². The fraction of sp³-hybridized carbons (Fsp3) is 0.929. The average Bonchev–Trinajstić information content (AvgIpc) is 2.42. The first-order valence-electron chi connectivity index (χ1n) is 7.35. The Balaban J connectivity index is 2.37. The Morgan fingerprint density at radius 3 is 2.89 bits per heavy atom. The molecule has 2 atom stereocenters. The lowest BCUT2D eigenvalue weighted by Crippen LogP contribution is -2.49. The van der Waals surface area contributed by atoms with Gasteiger partial charge in [0.2, 0.25) is 5.91 Å². The molecule has 1 aliphatic rings. The van der Waals surface area contributed by atoms with Crippen molar-refractivity contribution in [2.45, 2.75) is 64.5 Å². The summed E-state index contributed by atoms with van der Waals surface area (Å²) in [5, 5.41) is 0. The van der Waals surface area contributed by atoms with Crippen molar-refractivity contribution >= 4 is 5.91 Å². The molecular weight excluding hydrogens is 228 g/mol. The minimum Gasteiger partial charge on any atom is -0.376 e. The Labute approximate surface area is 111 Å². The zero-order valence-corrected chi connectivity index (χ0v) is 11.9. The van der Waals surface area contributed by atoms with E-state index >= 15 is 0 Å². The van der Waals surface area contributed by atoms with Crippen molar-refractivity contribution in [3.05, 3.63) is 0 Å². The monoisotopic (exact) mass is 256 g/mol. The molecule has 0 spiro atoms. The number of unbranched alkanes of at least 4 members (excludes halogenated alkanes) is 1. The second kappa shape index (κ2) is 8.48. The minimum atomic E-state index is -0.324. The van der Waals surface area contributed by atoms with Gasteiger partial charge in [0.1, 0.15) is 0 Å². The first-order valence-corrected chi connectivity index (χ1v) is 7.35. The zero-order chi connectivity index (χ0) is 13.4. The van der Waals surface area contributed by atoms with E-state index in [2.05, 4.69) is 13.8 Å². The van der Waals surface area contributed by atoms with Crippen LogP contribution >= 0.6 is 0 Å². The van der Waals surface area contributed by atoms with Crippen molar-refractivity contribution in [3.8, 4) is 0 Å². The maximum absolute atomic E-state index is 12.2. The van der Waals surface area contributed by atoms with Gasteiger partial charge in [-0.2, -0.15) is 0 Å². The summed E-state index contributed by atoms with van der Waals surface area (Å²) in [6.45, 7) is 6.57. The maximum atomic E-state index is 12.2. The molecule has 2 N–H and O–H groups in total. The van der Waals surface area contributed by atoms with Crippen molar-refractivity contribution in [2.24, 2.45) is 5.73 Å². The molecule has 0 bridgehead atoms. The minimum absolute atomic E-state index is 0.105. The van der Waals surface area contributed by atoms with Crippen LogP contribution in [-0.2, 0) is 9.53 Å². The number of hydrogen-bond donors (Lipinski definition) is 1. The molecule has 0 aromatic rings. The predicted octanol–water partition coefficient (Wildman–Crippen LogP) is 1.92. The molecule has 4 nitrogen and oxygen atoms in total. The highest BCUT2D eigenvalue weighted by Gasteiger charge is 2.26. The summed E-state index contributed by atoms with van der Waals surface area (Å²) in [5.41, 5.74) is 5.95. The van der Waals surface area contributed by atoms with Crippen LogP contribution in [-0.4, -0.2) is 42.6 Å². The van der Waals surface area contributed by atoms with Crippen LogP contribution in [0.3, 0.4) is 0 Å². The van der Waals surface area contributed by atoms with E-state index in [9.17, 15) is 4.79 Å². The molecular formula is C14H28N2O2. The van der Waals surface area contributed by atoms with Crippen molar-refractivity contribution in [2.75, 3.05) is 19.7 Å². The number of rotatable bonds is 7. The quantitative estimate of drug-likeness (QED) is 0.757. The summed E-state index contributed by atoms with van der Waals surface area (Å²) >= 11 is 0. The number of carbonyl (C=O) groups excluding carboxylic acids is 1. The Bertz CT molecular complexity index is 246. The number of nitrogens with zero attached hydrogens (tertiary/aromatic N) is 1. The second-order valence-corrected chi connectivity index (χ2v) is 5.17. The second-order valence-electron chi connectivity index (χ2n) is 5.17. The molecule has 0 aliphatic carbocycles. The summed E-state index contributed by atoms with van der Waals surface area (Å²) in [7, 11) is 0. The van der Waals surface area contributed by atoms with Crippen LogP contribution in [0.25, 0.3) is 0 Å². The molecule has 1 rings (SSSR count). The van der Waals surface area contributed by atoms with Crippen LogP contribution in [0.15, 0.2) is 0 Å². The molecule has 2 unspecified atom stereocenters. The lowest BCUT2D eigenvalue weighted by Gasteiger charge is -2.34. The standard InChI is InChI=1S/C14H28N2O2/c1-3-5-8-13(15)14(17)16-9-6-7-12(11-16)18-10-4-2/h12-13H,3-11,15H2,1-2H3. The van der Waals surface area contributed by atoms with Gasteiger partial charge in [-0.15, -0.1) is 0 Å². The fourth-order valence-corrected chi connectivity index (χ4v) is 2.34. The predicted molar refractivity (Wildman–Crippen MR) is 73.3 cm³/mol. The summed E-state index contributed by atoms with van der Waals surface area (Å²) in [4.78, 5) is 14.1. The van der Waals surface area contributed by atoms with Crippen LogP contribution in [0.2, 0.25) is 0 Å². The fourth-order valence-electron chi connectivity index (χ4n) is 2.34. The molecule has 1 aliphatic heterocycles. The first kappa shape index (κ1) is 15.4. The summed E-state index contributed by atoms with van der Waals surface area (Å²) in [5.74, 6) is 0.105. The van der Waals surface area contributed by atoms with Crippen LogP contribution in [0.5, 0.6) is 0 Å². The van der Waals surface area contributed by atoms with Crippen molar-refractivity contribution < 1.29 is 9.53 Å². The van der Waals surface area contributed by atoms with Gasteiger partial charge in [0.25, 0.3) is 0 Å². The van der Waals surface area contributed by atoms with E-state index in [1.165, 1.54) is 0 Å². The summed E-state index contributed by atoms with van der Waals surface area (Å²) in [6.07, 6.45) is 6.24. The smallest absolute Gasteiger partial charge is 0.239 e. The first-order chi connectivity index (χ1) is 8.69. The molecule has 0 aromatic heterocycles. The van der Waals surface area contributed by atoms with Gasteiger partial charge in [-0.1, -0.05) is 26.7 Å². The third-order valence-electron chi connectivity index (χ3n) is 3.43. The molecule has 1 fully saturated rings. The van der Waals surface area contributed by atoms with Crippen LogP contribution in [0.1, 0.15) is 52.4 Å². The van der Waals surface area contributed by atoms with Gasteiger partial charge in [0.05, 0.1) is 12.1 Å². The SMILES string of the molecule is CCCCC(N)C(=O)N1CCCC(OCCC)C1. The highest BCUT2D eigenvalue weighted by molar-refractivity contribution is 5.81. The van der Waals surface area contributed by atoms with Crippen LogP contribution in [0.4, 0.5) is 0 Å². The number of hydrogen-bond acceptors (Lipinski definition) is 3. The number of carbonyl (C=O) groups is 1. The van der Waals surface area contributed by atoms with Gasteiger partial charge in [-0.05, 0) is 25.7 Å². The topological polar surface area (TPSA) is 55.6 Å². The van der Waals surface area contributed by atoms with Gasteiger partial charge in [-0.25, -0.2) is 0 Å².